The minimum absolute atomic E-state index is 0.0870. The summed E-state index contributed by atoms with van der Waals surface area (Å²) in [6.07, 6.45) is -3.05. The molecule has 0 unspecified atom stereocenters. The average molecular weight is 342 g/mol. The van der Waals surface area contributed by atoms with E-state index in [1.165, 1.54) is 14.2 Å². The van der Waals surface area contributed by atoms with Gasteiger partial charge in [-0.1, -0.05) is 0 Å². The second-order valence-corrected chi connectivity index (χ2v) is 10.4. The van der Waals surface area contributed by atoms with Crippen molar-refractivity contribution in [2.45, 2.75) is 5.32 Å². The van der Waals surface area contributed by atoms with Gasteiger partial charge in [0.05, 0.1) is 0 Å². The molecule has 0 aliphatic heterocycles. The van der Waals surface area contributed by atoms with Gasteiger partial charge >= 0.3 is 111 Å². The van der Waals surface area contributed by atoms with Gasteiger partial charge < -0.3 is 0 Å². The molecule has 0 aromatic heterocycles. The second kappa shape index (κ2) is 6.69. The molecule has 0 fully saturated rings. The van der Waals surface area contributed by atoms with E-state index in [-0.39, 0.29) is 11.1 Å². The molecule has 0 aliphatic carbocycles. The summed E-state index contributed by atoms with van der Waals surface area (Å²) in [5.41, 5.74) is 0.551. The van der Waals surface area contributed by atoms with Crippen LogP contribution in [0.25, 0.3) is 0 Å². The molecule has 7 heteroatoms. The maximum atomic E-state index is 11.8. The summed E-state index contributed by atoms with van der Waals surface area (Å²) in [6, 6.07) is 6.58. The molecule has 4 nitrogen and oxygen atoms in total. The first kappa shape index (κ1) is 14.9. The van der Waals surface area contributed by atoms with Crippen LogP contribution in [0, 0.1) is 0 Å². The number of carbonyl (C=O) groups excluding carboxylic acids is 1. The van der Waals surface area contributed by atoms with Crippen molar-refractivity contribution in [1.82, 2.24) is 0 Å². The Hall–Kier alpha value is -0.151. The molecular formula is C10H12ClO4PSe. The number of Topliss-reactive ketones (excluding diaryl/α,β-unsaturated/α-hetero) is 1. The molecule has 0 saturated carbocycles. The summed E-state index contributed by atoms with van der Waals surface area (Å²) >= 11 is 5.20. The van der Waals surface area contributed by atoms with Crippen LogP contribution in [-0.4, -0.2) is 34.5 Å². The molecule has 0 N–H and O–H groups in total. The van der Waals surface area contributed by atoms with Crippen molar-refractivity contribution in [3.05, 3.63) is 34.9 Å². The monoisotopic (exact) mass is 342 g/mol. The van der Waals surface area contributed by atoms with Crippen LogP contribution in [0.5, 0.6) is 0 Å². The van der Waals surface area contributed by atoms with Gasteiger partial charge in [-0.05, 0) is 0 Å². The molecule has 94 valence electrons. The van der Waals surface area contributed by atoms with Crippen LogP contribution in [-0.2, 0) is 13.6 Å². The van der Waals surface area contributed by atoms with Crippen LogP contribution in [0.1, 0.15) is 10.4 Å². The van der Waals surface area contributed by atoms with Gasteiger partial charge in [0.25, 0.3) is 0 Å². The topological polar surface area (TPSA) is 52.6 Å². The summed E-state index contributed by atoms with van der Waals surface area (Å²) in [7, 11) is 2.64. The van der Waals surface area contributed by atoms with Gasteiger partial charge in [0, 0.05) is 0 Å². The first-order valence-corrected chi connectivity index (χ1v) is 10.0. The minimum atomic E-state index is -3.05. The van der Waals surface area contributed by atoms with E-state index in [2.05, 4.69) is 0 Å². The van der Waals surface area contributed by atoms with Crippen molar-refractivity contribution in [2.24, 2.45) is 0 Å². The predicted octanol–water partition coefficient (Wildman–Crippen LogP) is 3.05. The van der Waals surface area contributed by atoms with Crippen molar-refractivity contribution in [1.29, 1.82) is 0 Å². The van der Waals surface area contributed by atoms with E-state index in [1.54, 1.807) is 24.3 Å². The Bertz CT molecular complexity index is 426. The quantitative estimate of drug-likeness (QED) is 0.453. The van der Waals surface area contributed by atoms with Crippen LogP contribution in [0.15, 0.2) is 24.3 Å². The molecule has 0 amide bonds. The third-order valence-electron chi connectivity index (χ3n) is 1.97. The number of halogens is 1. The number of hydrogen-bond donors (Lipinski definition) is 0. The Morgan fingerprint density at radius 1 is 1.29 bits per heavy atom. The Morgan fingerprint density at radius 3 is 2.29 bits per heavy atom. The fourth-order valence-electron chi connectivity index (χ4n) is 1.04. The average Bonchev–Trinajstić information content (AvgIpc) is 2.36. The summed E-state index contributed by atoms with van der Waals surface area (Å²) in [5, 5.41) is 0.750. The molecule has 1 rings (SSSR count). The summed E-state index contributed by atoms with van der Waals surface area (Å²) in [4.78, 5) is 11.8. The van der Waals surface area contributed by atoms with Gasteiger partial charge in [0.2, 0.25) is 0 Å². The van der Waals surface area contributed by atoms with Gasteiger partial charge in [-0.2, -0.15) is 0 Å². The second-order valence-electron chi connectivity index (χ2n) is 3.02. The fourth-order valence-corrected chi connectivity index (χ4v) is 5.21. The summed E-state index contributed by atoms with van der Waals surface area (Å²) in [6.45, 7) is 0. The zero-order chi connectivity index (χ0) is 12.9. The number of benzene rings is 1. The SMILES string of the molecule is COP(=O)(OC)[Se]CC(=O)c1ccc(Cl)cc1. The number of hydrogen-bond acceptors (Lipinski definition) is 4. The molecule has 0 radical (unpaired) electrons. The van der Waals surface area contributed by atoms with Crippen LogP contribution < -0.4 is 0 Å². The molecule has 0 saturated heterocycles. The summed E-state index contributed by atoms with van der Waals surface area (Å²) < 4.78 is 21.3. The molecule has 0 heterocycles. The van der Waals surface area contributed by atoms with Crippen molar-refractivity contribution < 1.29 is 18.4 Å². The Labute approximate surface area is 111 Å². The Kier molecular flexibility index (Phi) is 5.87. The maximum absolute atomic E-state index is 11.8. The first-order valence-electron chi connectivity index (χ1n) is 4.65. The van der Waals surface area contributed by atoms with E-state index in [4.69, 9.17) is 20.6 Å². The Balaban J connectivity index is 2.61. The Morgan fingerprint density at radius 2 is 1.82 bits per heavy atom. The number of rotatable bonds is 6. The zero-order valence-electron chi connectivity index (χ0n) is 9.38. The molecule has 1 aromatic rings. The van der Waals surface area contributed by atoms with E-state index in [0.29, 0.717) is 10.6 Å². The van der Waals surface area contributed by atoms with E-state index in [1.807, 2.05) is 0 Å². The molecule has 0 bridgehead atoms. The van der Waals surface area contributed by atoms with Gasteiger partial charge in [0.1, 0.15) is 0 Å². The third-order valence-corrected chi connectivity index (χ3v) is 8.79. The standard InChI is InChI=1S/C10H12ClO4PSe/c1-14-16(13,15-2)17-7-10(12)8-3-5-9(11)6-4-8/h3-6H,7H2,1-2H3. The van der Waals surface area contributed by atoms with Crippen LogP contribution in [0.4, 0.5) is 0 Å². The molecule has 0 atom stereocenters. The third kappa shape index (κ3) is 4.55. The van der Waals surface area contributed by atoms with Gasteiger partial charge in [-0.25, -0.2) is 0 Å². The van der Waals surface area contributed by atoms with E-state index in [0.717, 1.165) is 0 Å². The van der Waals surface area contributed by atoms with Crippen molar-refractivity contribution in [2.75, 3.05) is 14.2 Å². The molecule has 0 aliphatic rings. The first-order chi connectivity index (χ1) is 8.00. The van der Waals surface area contributed by atoms with Crippen molar-refractivity contribution in [3.8, 4) is 0 Å². The zero-order valence-corrected chi connectivity index (χ0v) is 12.7. The van der Waals surface area contributed by atoms with Crippen LogP contribution in [0.3, 0.4) is 0 Å². The number of ketones is 1. The summed E-state index contributed by atoms with van der Waals surface area (Å²) in [5.74, 6) is -0.0870. The predicted molar refractivity (Wildman–Crippen MR) is 68.0 cm³/mol. The van der Waals surface area contributed by atoms with E-state index < -0.39 is 20.8 Å². The van der Waals surface area contributed by atoms with Crippen LogP contribution in [0.2, 0.25) is 10.3 Å². The number of carbonyl (C=O) groups is 1. The van der Waals surface area contributed by atoms with Gasteiger partial charge in [-0.3, -0.25) is 0 Å². The van der Waals surface area contributed by atoms with Crippen molar-refractivity contribution in [3.63, 3.8) is 0 Å². The van der Waals surface area contributed by atoms with E-state index in [9.17, 15) is 9.36 Å². The van der Waals surface area contributed by atoms with Crippen molar-refractivity contribution >= 4 is 38.2 Å². The molecule has 0 spiro atoms. The molecular weight excluding hydrogens is 329 g/mol. The van der Waals surface area contributed by atoms with Crippen LogP contribution >= 0.6 is 17.9 Å². The van der Waals surface area contributed by atoms with Gasteiger partial charge in [0.15, 0.2) is 0 Å². The van der Waals surface area contributed by atoms with E-state index >= 15 is 0 Å². The van der Waals surface area contributed by atoms with Gasteiger partial charge in [-0.15, -0.1) is 0 Å². The normalized spacial score (nSPS) is 11.5. The fraction of sp³-hybridized carbons (Fsp3) is 0.300. The molecule has 1 aromatic carbocycles. The molecule has 17 heavy (non-hydrogen) atoms.